The third kappa shape index (κ3) is 4.81. The lowest BCUT2D eigenvalue weighted by Gasteiger charge is -2.27. The summed E-state index contributed by atoms with van der Waals surface area (Å²) in [4.78, 5) is 4.76. The Bertz CT molecular complexity index is 192. The summed E-state index contributed by atoms with van der Waals surface area (Å²) in [6, 6.07) is 1.38. The first-order valence-corrected chi connectivity index (χ1v) is 6.57. The van der Waals surface area contributed by atoms with Gasteiger partial charge in [0.15, 0.2) is 0 Å². The zero-order chi connectivity index (χ0) is 12.1. The number of rotatable bonds is 6. The first kappa shape index (κ1) is 13.9. The summed E-state index contributed by atoms with van der Waals surface area (Å²) < 4.78 is 0. The van der Waals surface area contributed by atoms with Gasteiger partial charge >= 0.3 is 0 Å². The van der Waals surface area contributed by atoms with Crippen molar-refractivity contribution in [2.45, 2.75) is 38.8 Å². The van der Waals surface area contributed by atoms with E-state index in [1.807, 2.05) is 0 Å². The molecule has 1 heterocycles. The summed E-state index contributed by atoms with van der Waals surface area (Å²) in [5, 5.41) is 3.72. The molecule has 3 heteroatoms. The Morgan fingerprint density at radius 1 is 1.38 bits per heavy atom. The van der Waals surface area contributed by atoms with Crippen molar-refractivity contribution in [1.82, 2.24) is 15.1 Å². The number of hydrogen-bond donors (Lipinski definition) is 1. The van der Waals surface area contributed by atoms with Crippen molar-refractivity contribution in [3.63, 3.8) is 0 Å². The Morgan fingerprint density at radius 2 is 2.06 bits per heavy atom. The molecular weight excluding hydrogens is 198 g/mol. The monoisotopic (exact) mass is 227 g/mol. The molecular formula is C13H29N3. The van der Waals surface area contributed by atoms with Gasteiger partial charge in [-0.2, -0.15) is 0 Å². The minimum absolute atomic E-state index is 0.672. The molecule has 0 amide bonds. The predicted molar refractivity (Wildman–Crippen MR) is 70.8 cm³/mol. The molecule has 0 aromatic heterocycles. The fourth-order valence-electron chi connectivity index (χ4n) is 2.43. The molecule has 0 radical (unpaired) electrons. The predicted octanol–water partition coefficient (Wildman–Crippen LogP) is 1.26. The third-order valence-corrected chi connectivity index (χ3v) is 3.51. The highest BCUT2D eigenvalue weighted by Gasteiger charge is 2.21. The van der Waals surface area contributed by atoms with E-state index in [9.17, 15) is 0 Å². The van der Waals surface area contributed by atoms with Crippen LogP contribution in [0.4, 0.5) is 0 Å². The number of likely N-dealkylation sites (N-methyl/N-ethyl adjacent to an activating group) is 2. The van der Waals surface area contributed by atoms with Crippen LogP contribution in [0.3, 0.4) is 0 Å². The van der Waals surface area contributed by atoms with Crippen molar-refractivity contribution in [3.8, 4) is 0 Å². The molecule has 0 spiro atoms. The molecule has 16 heavy (non-hydrogen) atoms. The largest absolute Gasteiger partial charge is 0.311 e. The van der Waals surface area contributed by atoms with Crippen molar-refractivity contribution >= 4 is 0 Å². The molecule has 96 valence electrons. The van der Waals surface area contributed by atoms with Gasteiger partial charge in [0.2, 0.25) is 0 Å². The van der Waals surface area contributed by atoms with E-state index in [-0.39, 0.29) is 0 Å². The van der Waals surface area contributed by atoms with Crippen molar-refractivity contribution in [3.05, 3.63) is 0 Å². The van der Waals surface area contributed by atoms with Crippen LogP contribution in [-0.4, -0.2) is 62.7 Å². The Morgan fingerprint density at radius 3 is 2.50 bits per heavy atom. The van der Waals surface area contributed by atoms with E-state index >= 15 is 0 Å². The first-order chi connectivity index (χ1) is 7.49. The summed E-state index contributed by atoms with van der Waals surface area (Å²) in [5.74, 6) is 0.778. The van der Waals surface area contributed by atoms with Crippen molar-refractivity contribution in [2.75, 3.05) is 40.8 Å². The van der Waals surface area contributed by atoms with E-state index in [1.54, 1.807) is 0 Å². The molecule has 1 fully saturated rings. The second-order valence-corrected chi connectivity index (χ2v) is 5.90. The van der Waals surface area contributed by atoms with E-state index in [2.05, 4.69) is 50.1 Å². The Labute approximate surface area is 101 Å². The molecule has 0 aromatic rings. The normalized spacial score (nSPS) is 24.6. The van der Waals surface area contributed by atoms with Gasteiger partial charge in [-0.15, -0.1) is 0 Å². The van der Waals surface area contributed by atoms with Crippen molar-refractivity contribution in [2.24, 2.45) is 5.92 Å². The van der Waals surface area contributed by atoms with Crippen molar-refractivity contribution < 1.29 is 0 Å². The second-order valence-electron chi connectivity index (χ2n) is 5.90. The molecule has 0 bridgehead atoms. The Hall–Kier alpha value is -0.120. The Balaban J connectivity index is 2.26. The fraction of sp³-hybridized carbons (Fsp3) is 1.00. The SMILES string of the molecule is CC(C)CC(CNC1CCN(C)C1)N(C)C. The summed E-state index contributed by atoms with van der Waals surface area (Å²) >= 11 is 0. The van der Waals surface area contributed by atoms with E-state index in [4.69, 9.17) is 0 Å². The van der Waals surface area contributed by atoms with Gasteiger partial charge in [0.25, 0.3) is 0 Å². The maximum absolute atomic E-state index is 3.72. The van der Waals surface area contributed by atoms with Gasteiger partial charge in [-0.3, -0.25) is 0 Å². The maximum atomic E-state index is 3.72. The summed E-state index contributed by atoms with van der Waals surface area (Å²) in [6.45, 7) is 8.19. The van der Waals surface area contributed by atoms with Crippen LogP contribution in [0.2, 0.25) is 0 Å². The van der Waals surface area contributed by atoms with Crippen LogP contribution in [0, 0.1) is 5.92 Å². The smallest absolute Gasteiger partial charge is 0.0217 e. The van der Waals surface area contributed by atoms with E-state index in [1.165, 1.54) is 25.9 Å². The molecule has 1 saturated heterocycles. The molecule has 2 atom stereocenters. The standard InChI is InChI=1S/C13H29N3/c1-11(2)8-13(15(3)4)9-14-12-6-7-16(5)10-12/h11-14H,6-10H2,1-5H3. The number of likely N-dealkylation sites (tertiary alicyclic amines) is 1. The van der Waals surface area contributed by atoms with Crippen LogP contribution in [0.15, 0.2) is 0 Å². The molecule has 1 aliphatic rings. The van der Waals surface area contributed by atoms with E-state index in [0.29, 0.717) is 12.1 Å². The van der Waals surface area contributed by atoms with Gasteiger partial charge in [-0.1, -0.05) is 13.8 Å². The fourth-order valence-corrected chi connectivity index (χ4v) is 2.43. The third-order valence-electron chi connectivity index (χ3n) is 3.51. The topological polar surface area (TPSA) is 18.5 Å². The van der Waals surface area contributed by atoms with Crippen molar-refractivity contribution in [1.29, 1.82) is 0 Å². The minimum atomic E-state index is 0.672. The molecule has 0 aromatic carbocycles. The lowest BCUT2D eigenvalue weighted by molar-refractivity contribution is 0.240. The van der Waals surface area contributed by atoms with Gasteiger partial charge in [0.05, 0.1) is 0 Å². The number of hydrogen-bond acceptors (Lipinski definition) is 3. The zero-order valence-corrected chi connectivity index (χ0v) is 11.7. The van der Waals surface area contributed by atoms with Gasteiger partial charge in [-0.25, -0.2) is 0 Å². The van der Waals surface area contributed by atoms with Crippen LogP contribution in [0.25, 0.3) is 0 Å². The van der Waals surface area contributed by atoms with E-state index in [0.717, 1.165) is 12.5 Å². The van der Waals surface area contributed by atoms with Gasteiger partial charge in [0.1, 0.15) is 0 Å². The lowest BCUT2D eigenvalue weighted by atomic mass is 10.0. The molecule has 0 aliphatic carbocycles. The van der Waals surface area contributed by atoms with Crippen LogP contribution >= 0.6 is 0 Å². The summed E-state index contributed by atoms with van der Waals surface area (Å²) in [5.41, 5.74) is 0. The number of nitrogens with one attached hydrogen (secondary N) is 1. The van der Waals surface area contributed by atoms with Crippen LogP contribution in [0.5, 0.6) is 0 Å². The van der Waals surface area contributed by atoms with E-state index < -0.39 is 0 Å². The maximum Gasteiger partial charge on any atom is 0.0217 e. The average Bonchev–Trinajstić information content (AvgIpc) is 2.58. The van der Waals surface area contributed by atoms with Crippen LogP contribution in [0.1, 0.15) is 26.7 Å². The second kappa shape index (κ2) is 6.58. The first-order valence-electron chi connectivity index (χ1n) is 6.57. The summed E-state index contributed by atoms with van der Waals surface area (Å²) in [6.07, 6.45) is 2.58. The molecule has 1 aliphatic heterocycles. The number of nitrogens with zero attached hydrogens (tertiary/aromatic N) is 2. The highest BCUT2D eigenvalue weighted by Crippen LogP contribution is 2.10. The highest BCUT2D eigenvalue weighted by atomic mass is 15.2. The molecule has 0 saturated carbocycles. The van der Waals surface area contributed by atoms with Crippen LogP contribution in [-0.2, 0) is 0 Å². The molecule has 1 N–H and O–H groups in total. The molecule has 2 unspecified atom stereocenters. The van der Waals surface area contributed by atoms with Crippen LogP contribution < -0.4 is 5.32 Å². The van der Waals surface area contributed by atoms with Gasteiger partial charge < -0.3 is 15.1 Å². The molecule has 1 rings (SSSR count). The quantitative estimate of drug-likeness (QED) is 0.737. The molecule has 3 nitrogen and oxygen atoms in total. The van der Waals surface area contributed by atoms with Gasteiger partial charge in [0, 0.05) is 25.2 Å². The zero-order valence-electron chi connectivity index (χ0n) is 11.7. The van der Waals surface area contributed by atoms with Gasteiger partial charge in [-0.05, 0) is 46.4 Å². The highest BCUT2D eigenvalue weighted by molar-refractivity contribution is 4.81. The Kier molecular flexibility index (Phi) is 5.73. The average molecular weight is 227 g/mol. The summed E-state index contributed by atoms with van der Waals surface area (Å²) in [7, 11) is 6.59. The lowest BCUT2D eigenvalue weighted by Crippen LogP contribution is -2.43. The minimum Gasteiger partial charge on any atom is -0.311 e.